The highest BCUT2D eigenvalue weighted by Gasteiger charge is 2.10. The molecule has 0 atom stereocenters. The van der Waals surface area contributed by atoms with Crippen LogP contribution in [-0.4, -0.2) is 20.2 Å². The molecule has 0 bridgehead atoms. The van der Waals surface area contributed by atoms with Crippen molar-refractivity contribution in [3.05, 3.63) is 17.2 Å². The molecule has 2 heterocycles. The Balaban J connectivity index is 2.27. The largest absolute Gasteiger partial charge is 0.280 e. The van der Waals surface area contributed by atoms with E-state index >= 15 is 0 Å². The maximum atomic E-state index is 6.01. The number of aryl methyl sites for hydroxylation is 1. The van der Waals surface area contributed by atoms with Gasteiger partial charge >= 0.3 is 0 Å². The first-order valence-corrected chi connectivity index (χ1v) is 5.54. The summed E-state index contributed by atoms with van der Waals surface area (Å²) in [4.78, 5) is 8.02. The van der Waals surface area contributed by atoms with E-state index in [9.17, 15) is 0 Å². The van der Waals surface area contributed by atoms with Crippen molar-refractivity contribution in [2.24, 2.45) is 0 Å². The molecule has 0 radical (unpaired) electrons. The predicted octanol–water partition coefficient (Wildman–Crippen LogP) is 2.74. The second-order valence-electron chi connectivity index (χ2n) is 3.52. The van der Waals surface area contributed by atoms with E-state index in [0.29, 0.717) is 10.8 Å². The molecule has 0 aliphatic carbocycles. The Morgan fingerprint density at radius 2 is 2.20 bits per heavy atom. The Kier molecular flexibility index (Phi) is 3.16. The van der Waals surface area contributed by atoms with Crippen LogP contribution in [-0.2, 0) is 6.42 Å². The number of hydrogen-bond acceptors (Lipinski definition) is 3. The molecule has 0 fully saturated rings. The van der Waals surface area contributed by atoms with Crippen molar-refractivity contribution in [3.8, 4) is 0 Å². The van der Waals surface area contributed by atoms with Crippen LogP contribution < -0.4 is 0 Å². The number of halogens is 1. The third-order valence-corrected chi connectivity index (χ3v) is 2.70. The first kappa shape index (κ1) is 10.4. The number of fused-ring (bicyclic) bond motifs is 1. The molecule has 0 saturated carbocycles. The van der Waals surface area contributed by atoms with Gasteiger partial charge in [-0.1, -0.05) is 31.4 Å². The van der Waals surface area contributed by atoms with Gasteiger partial charge in [-0.15, -0.1) is 0 Å². The van der Waals surface area contributed by atoms with Crippen molar-refractivity contribution in [1.29, 1.82) is 0 Å². The Bertz CT molecular complexity index is 452. The van der Waals surface area contributed by atoms with Gasteiger partial charge in [-0.25, -0.2) is 9.97 Å². The number of H-pyrrole nitrogens is 1. The van der Waals surface area contributed by atoms with Crippen LogP contribution in [0.2, 0.25) is 5.15 Å². The first-order chi connectivity index (χ1) is 7.33. The lowest BCUT2D eigenvalue weighted by Crippen LogP contribution is -1.88. The lowest BCUT2D eigenvalue weighted by molar-refractivity contribution is 0.707. The van der Waals surface area contributed by atoms with E-state index in [4.69, 9.17) is 11.6 Å². The summed E-state index contributed by atoms with van der Waals surface area (Å²) < 4.78 is 0. The number of aromatic nitrogens is 4. The summed E-state index contributed by atoms with van der Waals surface area (Å²) >= 11 is 6.01. The molecular weight excluding hydrogens is 212 g/mol. The number of rotatable bonds is 4. The lowest BCUT2D eigenvalue weighted by atomic mass is 10.1. The van der Waals surface area contributed by atoms with Gasteiger partial charge in [0.1, 0.15) is 11.5 Å². The van der Waals surface area contributed by atoms with Gasteiger partial charge in [0.15, 0.2) is 5.65 Å². The number of nitrogens with one attached hydrogen (secondary N) is 1. The summed E-state index contributed by atoms with van der Waals surface area (Å²) in [6, 6.07) is 0. The minimum absolute atomic E-state index is 0.486. The summed E-state index contributed by atoms with van der Waals surface area (Å²) in [5.74, 6) is 0. The zero-order valence-corrected chi connectivity index (χ0v) is 9.38. The van der Waals surface area contributed by atoms with Gasteiger partial charge in [-0.2, -0.15) is 5.10 Å². The summed E-state index contributed by atoms with van der Waals surface area (Å²) in [6.07, 6.45) is 5.94. The van der Waals surface area contributed by atoms with Gasteiger partial charge in [0.25, 0.3) is 0 Å². The molecule has 0 aromatic carbocycles. The highest BCUT2D eigenvalue weighted by atomic mass is 35.5. The molecule has 15 heavy (non-hydrogen) atoms. The lowest BCUT2D eigenvalue weighted by Gasteiger charge is -1.98. The van der Waals surface area contributed by atoms with Gasteiger partial charge in [-0.05, 0) is 12.8 Å². The second kappa shape index (κ2) is 4.57. The maximum Gasteiger partial charge on any atom is 0.185 e. The quantitative estimate of drug-likeness (QED) is 0.642. The molecule has 0 aliphatic rings. The molecule has 2 aromatic heterocycles. The Morgan fingerprint density at radius 1 is 1.33 bits per heavy atom. The fourth-order valence-electron chi connectivity index (χ4n) is 1.61. The molecule has 4 nitrogen and oxygen atoms in total. The summed E-state index contributed by atoms with van der Waals surface area (Å²) in [6.45, 7) is 2.18. The van der Waals surface area contributed by atoms with Gasteiger partial charge in [0.2, 0.25) is 0 Å². The van der Waals surface area contributed by atoms with Crippen molar-refractivity contribution in [3.63, 3.8) is 0 Å². The number of aromatic amines is 1. The molecule has 80 valence electrons. The van der Waals surface area contributed by atoms with Crippen LogP contribution in [0.1, 0.15) is 31.9 Å². The van der Waals surface area contributed by atoms with Crippen LogP contribution in [0, 0.1) is 0 Å². The summed E-state index contributed by atoms with van der Waals surface area (Å²) in [7, 11) is 0. The van der Waals surface area contributed by atoms with Crippen molar-refractivity contribution in [1.82, 2.24) is 20.2 Å². The van der Waals surface area contributed by atoms with E-state index in [1.807, 2.05) is 0 Å². The van der Waals surface area contributed by atoms with E-state index in [1.165, 1.54) is 19.2 Å². The molecule has 2 aromatic rings. The van der Waals surface area contributed by atoms with Crippen LogP contribution in [0.3, 0.4) is 0 Å². The highest BCUT2D eigenvalue weighted by Crippen LogP contribution is 2.22. The maximum absolute atomic E-state index is 6.01. The van der Waals surface area contributed by atoms with E-state index in [-0.39, 0.29) is 0 Å². The molecule has 1 N–H and O–H groups in total. The van der Waals surface area contributed by atoms with Crippen LogP contribution in [0.5, 0.6) is 0 Å². The molecule has 0 amide bonds. The van der Waals surface area contributed by atoms with Gasteiger partial charge in [0, 0.05) is 5.69 Å². The van der Waals surface area contributed by atoms with Gasteiger partial charge in [-0.3, -0.25) is 5.10 Å². The molecule has 0 unspecified atom stereocenters. The third kappa shape index (κ3) is 2.09. The normalized spacial score (nSPS) is 11.1. The molecule has 0 aliphatic heterocycles. The van der Waals surface area contributed by atoms with Gasteiger partial charge < -0.3 is 0 Å². The Hall–Kier alpha value is -1.16. The van der Waals surface area contributed by atoms with Crippen LogP contribution in [0.15, 0.2) is 6.33 Å². The Labute approximate surface area is 93.1 Å². The highest BCUT2D eigenvalue weighted by molar-refractivity contribution is 6.34. The van der Waals surface area contributed by atoms with Crippen molar-refractivity contribution >= 4 is 22.6 Å². The van der Waals surface area contributed by atoms with E-state index in [2.05, 4.69) is 27.1 Å². The van der Waals surface area contributed by atoms with Crippen LogP contribution >= 0.6 is 11.6 Å². The monoisotopic (exact) mass is 224 g/mol. The average Bonchev–Trinajstić information content (AvgIpc) is 2.63. The minimum Gasteiger partial charge on any atom is -0.280 e. The minimum atomic E-state index is 0.486. The predicted molar refractivity (Wildman–Crippen MR) is 59.9 cm³/mol. The van der Waals surface area contributed by atoms with E-state index in [0.717, 1.165) is 23.9 Å². The van der Waals surface area contributed by atoms with Gasteiger partial charge in [0.05, 0.1) is 5.39 Å². The molecular formula is C10H13ClN4. The third-order valence-electron chi connectivity index (χ3n) is 2.41. The summed E-state index contributed by atoms with van der Waals surface area (Å²) in [5.41, 5.74) is 1.70. The first-order valence-electron chi connectivity index (χ1n) is 5.16. The second-order valence-corrected chi connectivity index (χ2v) is 3.88. The van der Waals surface area contributed by atoms with Crippen molar-refractivity contribution < 1.29 is 0 Å². The van der Waals surface area contributed by atoms with Crippen LogP contribution in [0.4, 0.5) is 0 Å². The molecule has 0 spiro atoms. The number of unbranched alkanes of at least 4 members (excludes halogenated alkanes) is 2. The molecule has 5 heteroatoms. The SMILES string of the molecule is CCCCCc1[nH]nc2ncnc(Cl)c12. The zero-order valence-electron chi connectivity index (χ0n) is 8.63. The fourth-order valence-corrected chi connectivity index (χ4v) is 1.85. The Morgan fingerprint density at radius 3 is 3.00 bits per heavy atom. The molecule has 0 saturated heterocycles. The standard InChI is InChI=1S/C10H13ClN4/c1-2-3-4-5-7-8-9(11)12-6-13-10(8)15-14-7/h6H,2-5H2,1H3,(H,12,13,14,15). The molecule has 2 rings (SSSR count). The number of nitrogens with zero attached hydrogens (tertiary/aromatic N) is 3. The fraction of sp³-hybridized carbons (Fsp3) is 0.500. The van der Waals surface area contributed by atoms with E-state index < -0.39 is 0 Å². The van der Waals surface area contributed by atoms with Crippen molar-refractivity contribution in [2.45, 2.75) is 32.6 Å². The van der Waals surface area contributed by atoms with E-state index in [1.54, 1.807) is 0 Å². The topological polar surface area (TPSA) is 54.5 Å². The smallest absolute Gasteiger partial charge is 0.185 e. The average molecular weight is 225 g/mol. The van der Waals surface area contributed by atoms with Crippen molar-refractivity contribution in [2.75, 3.05) is 0 Å². The summed E-state index contributed by atoms with van der Waals surface area (Å²) in [5, 5.41) is 8.43. The van der Waals surface area contributed by atoms with Crippen LogP contribution in [0.25, 0.3) is 11.0 Å². The number of hydrogen-bond donors (Lipinski definition) is 1. The zero-order chi connectivity index (χ0) is 10.7.